The van der Waals surface area contributed by atoms with E-state index in [0.717, 1.165) is 5.71 Å². The van der Waals surface area contributed by atoms with E-state index in [1.165, 1.54) is 5.01 Å². The third-order valence-corrected chi connectivity index (χ3v) is 3.03. The summed E-state index contributed by atoms with van der Waals surface area (Å²) in [6, 6.07) is 6.96. The highest BCUT2D eigenvalue weighted by Gasteiger charge is 2.26. The summed E-state index contributed by atoms with van der Waals surface area (Å²) in [5.41, 5.74) is 8.04. The van der Waals surface area contributed by atoms with Crippen LogP contribution >= 0.6 is 0 Å². The molecule has 112 valence electrons. The molecule has 0 saturated heterocycles. The van der Waals surface area contributed by atoms with Gasteiger partial charge in [0, 0.05) is 13.6 Å². The molecule has 1 aliphatic rings. The second-order valence-corrected chi connectivity index (χ2v) is 5.15. The maximum Gasteiger partial charge on any atom is 0.169 e. The molecule has 21 heavy (non-hydrogen) atoms. The van der Waals surface area contributed by atoms with E-state index in [-0.39, 0.29) is 5.84 Å². The van der Waals surface area contributed by atoms with Crippen molar-refractivity contribution in [3.8, 4) is 0 Å². The van der Waals surface area contributed by atoms with Crippen LogP contribution in [-0.2, 0) is 0 Å². The van der Waals surface area contributed by atoms with Gasteiger partial charge in [-0.1, -0.05) is 12.1 Å². The number of rotatable bonds is 4. The summed E-state index contributed by atoms with van der Waals surface area (Å²) in [4.78, 5) is 6.48. The normalized spacial score (nSPS) is 18.6. The quantitative estimate of drug-likeness (QED) is 0.704. The summed E-state index contributed by atoms with van der Waals surface area (Å²) >= 11 is 0. The minimum Gasteiger partial charge on any atom is -0.375 e. The van der Waals surface area contributed by atoms with E-state index in [4.69, 9.17) is 11.1 Å². The topological polar surface area (TPSA) is 101 Å². The Morgan fingerprint density at radius 2 is 2.00 bits per heavy atom. The summed E-state index contributed by atoms with van der Waals surface area (Å²) in [6.45, 7) is 0.616. The van der Waals surface area contributed by atoms with Crippen LogP contribution in [0.2, 0.25) is 0 Å². The van der Waals surface area contributed by atoms with E-state index < -0.39 is 6.23 Å². The molecular formula is C14H20N6O. The van der Waals surface area contributed by atoms with E-state index in [9.17, 15) is 5.11 Å². The molecule has 1 aliphatic heterocycles. The molecule has 1 aromatic rings. The first-order valence-corrected chi connectivity index (χ1v) is 6.56. The summed E-state index contributed by atoms with van der Waals surface area (Å²) in [5, 5.41) is 23.2. The van der Waals surface area contributed by atoms with Crippen molar-refractivity contribution in [1.29, 1.82) is 5.41 Å². The molecule has 1 atom stereocenters. The van der Waals surface area contributed by atoms with Crippen LogP contribution in [0.3, 0.4) is 0 Å². The van der Waals surface area contributed by atoms with Crippen LogP contribution in [0.15, 0.2) is 34.4 Å². The number of hydrogen-bond donors (Lipinski definition) is 3. The van der Waals surface area contributed by atoms with Crippen molar-refractivity contribution in [2.75, 3.05) is 27.7 Å². The SMILES string of the molecule is CN(C)CC1=NN(C)C(=N)C1=Nc1ccc(C(N)O)cc1. The predicted octanol–water partition coefficient (Wildman–Crippen LogP) is 0.549. The van der Waals surface area contributed by atoms with Crippen molar-refractivity contribution in [3.63, 3.8) is 0 Å². The highest BCUT2D eigenvalue weighted by Crippen LogP contribution is 2.18. The number of amidine groups is 1. The maximum atomic E-state index is 9.29. The predicted molar refractivity (Wildman–Crippen MR) is 84.2 cm³/mol. The molecule has 4 N–H and O–H groups in total. The molecule has 0 aliphatic carbocycles. The minimum absolute atomic E-state index is 0.273. The molecule has 2 rings (SSSR count). The van der Waals surface area contributed by atoms with Crippen LogP contribution in [0.25, 0.3) is 0 Å². The maximum absolute atomic E-state index is 9.29. The number of nitrogens with one attached hydrogen (secondary N) is 1. The number of nitrogens with two attached hydrogens (primary N) is 1. The van der Waals surface area contributed by atoms with Gasteiger partial charge in [0.15, 0.2) is 5.84 Å². The van der Waals surface area contributed by atoms with Gasteiger partial charge in [-0.2, -0.15) is 5.10 Å². The van der Waals surface area contributed by atoms with Crippen molar-refractivity contribution in [3.05, 3.63) is 29.8 Å². The fourth-order valence-electron chi connectivity index (χ4n) is 1.97. The number of aliphatic hydroxyl groups excluding tert-OH is 1. The van der Waals surface area contributed by atoms with Crippen LogP contribution in [0.4, 0.5) is 5.69 Å². The van der Waals surface area contributed by atoms with E-state index in [0.29, 0.717) is 23.5 Å². The fourth-order valence-corrected chi connectivity index (χ4v) is 1.97. The average Bonchev–Trinajstić information content (AvgIpc) is 2.66. The Balaban J connectivity index is 2.29. The van der Waals surface area contributed by atoms with Gasteiger partial charge < -0.3 is 15.7 Å². The first kappa shape index (κ1) is 15.3. The lowest BCUT2D eigenvalue weighted by Crippen LogP contribution is -2.30. The second-order valence-electron chi connectivity index (χ2n) is 5.15. The van der Waals surface area contributed by atoms with E-state index >= 15 is 0 Å². The third-order valence-electron chi connectivity index (χ3n) is 3.03. The summed E-state index contributed by atoms with van der Waals surface area (Å²) in [6.07, 6.45) is -0.992. The summed E-state index contributed by atoms with van der Waals surface area (Å²) in [5.74, 6) is 0.273. The molecule has 0 aromatic heterocycles. The number of nitrogens with zero attached hydrogens (tertiary/aromatic N) is 4. The van der Waals surface area contributed by atoms with Gasteiger partial charge >= 0.3 is 0 Å². The van der Waals surface area contributed by atoms with Crippen LogP contribution in [0.1, 0.15) is 11.8 Å². The summed E-state index contributed by atoms with van der Waals surface area (Å²) < 4.78 is 0. The van der Waals surface area contributed by atoms with Gasteiger partial charge in [-0.25, -0.2) is 10.0 Å². The Labute approximate surface area is 123 Å². The molecule has 1 unspecified atom stereocenters. The largest absolute Gasteiger partial charge is 0.375 e. The molecule has 1 aromatic carbocycles. The van der Waals surface area contributed by atoms with Crippen molar-refractivity contribution in [2.24, 2.45) is 15.8 Å². The minimum atomic E-state index is -0.992. The molecule has 0 fully saturated rings. The zero-order valence-electron chi connectivity index (χ0n) is 12.4. The monoisotopic (exact) mass is 288 g/mol. The van der Waals surface area contributed by atoms with Crippen LogP contribution in [-0.4, -0.2) is 60.0 Å². The molecule has 7 heteroatoms. The van der Waals surface area contributed by atoms with Crippen molar-refractivity contribution >= 4 is 22.9 Å². The van der Waals surface area contributed by atoms with Gasteiger partial charge in [0.1, 0.15) is 17.7 Å². The van der Waals surface area contributed by atoms with Gasteiger partial charge in [-0.15, -0.1) is 0 Å². The zero-order valence-corrected chi connectivity index (χ0v) is 12.4. The number of hydrogen-bond acceptors (Lipinski definition) is 6. The van der Waals surface area contributed by atoms with Gasteiger partial charge in [0.2, 0.25) is 0 Å². The Kier molecular flexibility index (Phi) is 4.46. The Hall–Kier alpha value is -2.09. The standard InChI is InChI=1S/C14H20N6O/c1-19(2)8-11-12(13(15)20(3)18-11)17-10-6-4-9(5-7-10)14(16)21/h4-7,14-15,21H,8,16H2,1-3H3. The Bertz CT molecular complexity index is 588. The smallest absolute Gasteiger partial charge is 0.169 e. The number of aliphatic hydroxyl groups is 1. The zero-order chi connectivity index (χ0) is 15.6. The lowest BCUT2D eigenvalue weighted by molar-refractivity contribution is 0.186. The average molecular weight is 288 g/mol. The molecular weight excluding hydrogens is 268 g/mol. The Morgan fingerprint density at radius 3 is 2.52 bits per heavy atom. The molecule has 0 amide bonds. The number of aliphatic imine (C=N–C) groups is 1. The molecule has 0 radical (unpaired) electrons. The highest BCUT2D eigenvalue weighted by molar-refractivity contribution is 6.70. The fraction of sp³-hybridized carbons (Fsp3) is 0.357. The van der Waals surface area contributed by atoms with Gasteiger partial charge in [-0.05, 0) is 31.8 Å². The Morgan fingerprint density at radius 1 is 1.38 bits per heavy atom. The van der Waals surface area contributed by atoms with Crippen LogP contribution in [0, 0.1) is 5.41 Å². The lowest BCUT2D eigenvalue weighted by atomic mass is 10.1. The number of benzene rings is 1. The van der Waals surface area contributed by atoms with Crippen LogP contribution in [0.5, 0.6) is 0 Å². The van der Waals surface area contributed by atoms with Gasteiger partial charge in [0.05, 0.1) is 5.69 Å². The third kappa shape index (κ3) is 3.52. The van der Waals surface area contributed by atoms with Crippen LogP contribution < -0.4 is 5.73 Å². The van der Waals surface area contributed by atoms with E-state index in [1.54, 1.807) is 31.3 Å². The van der Waals surface area contributed by atoms with E-state index in [1.807, 2.05) is 19.0 Å². The van der Waals surface area contributed by atoms with E-state index in [2.05, 4.69) is 10.1 Å². The highest BCUT2D eigenvalue weighted by atomic mass is 16.3. The van der Waals surface area contributed by atoms with Gasteiger partial charge in [-0.3, -0.25) is 5.41 Å². The first-order valence-electron chi connectivity index (χ1n) is 6.56. The summed E-state index contributed by atoms with van der Waals surface area (Å²) in [7, 11) is 5.62. The molecule has 0 bridgehead atoms. The second kappa shape index (κ2) is 6.13. The first-order chi connectivity index (χ1) is 9.88. The number of hydrazone groups is 1. The lowest BCUT2D eigenvalue weighted by Gasteiger charge is -2.09. The molecule has 0 spiro atoms. The van der Waals surface area contributed by atoms with Crippen molar-refractivity contribution in [1.82, 2.24) is 9.91 Å². The van der Waals surface area contributed by atoms with Gasteiger partial charge in [0.25, 0.3) is 0 Å². The molecule has 1 heterocycles. The molecule has 0 saturated carbocycles. The molecule has 7 nitrogen and oxygen atoms in total. The van der Waals surface area contributed by atoms with Crippen molar-refractivity contribution in [2.45, 2.75) is 6.23 Å². The van der Waals surface area contributed by atoms with Crippen molar-refractivity contribution < 1.29 is 5.11 Å².